The van der Waals surface area contributed by atoms with E-state index in [1.165, 1.54) is 30.4 Å². The number of phenolic OH excluding ortho intramolecular Hbond substituents is 2. The SMILES string of the molecule is CCCCCC(c1ccc(O)c(C(C)(C)C)c1)c1ccc(O)c(C(C)(C)C)c1. The molecule has 0 saturated carbocycles. The lowest BCUT2D eigenvalue weighted by Gasteiger charge is -2.26. The molecule has 0 aliphatic heterocycles. The average molecular weight is 383 g/mol. The average Bonchev–Trinajstić information content (AvgIpc) is 2.58. The largest absolute Gasteiger partial charge is 0.508 e. The summed E-state index contributed by atoms with van der Waals surface area (Å²) in [4.78, 5) is 0. The number of rotatable bonds is 6. The van der Waals surface area contributed by atoms with Crippen LogP contribution in [-0.2, 0) is 10.8 Å². The van der Waals surface area contributed by atoms with E-state index >= 15 is 0 Å². The van der Waals surface area contributed by atoms with Crippen molar-refractivity contribution in [3.63, 3.8) is 0 Å². The fraction of sp³-hybridized carbons (Fsp3) is 0.538. The molecule has 2 rings (SSSR count). The fourth-order valence-corrected chi connectivity index (χ4v) is 3.87. The van der Waals surface area contributed by atoms with E-state index in [-0.39, 0.29) is 16.7 Å². The molecule has 0 atom stereocenters. The summed E-state index contributed by atoms with van der Waals surface area (Å²) in [7, 11) is 0. The first-order chi connectivity index (χ1) is 12.9. The molecule has 0 bridgehead atoms. The van der Waals surface area contributed by atoms with Crippen LogP contribution in [0.3, 0.4) is 0 Å². The van der Waals surface area contributed by atoms with Crippen LogP contribution in [0.4, 0.5) is 0 Å². The molecule has 0 unspecified atom stereocenters. The van der Waals surface area contributed by atoms with Gasteiger partial charge in [-0.25, -0.2) is 0 Å². The summed E-state index contributed by atoms with van der Waals surface area (Å²) >= 11 is 0. The van der Waals surface area contributed by atoms with Gasteiger partial charge in [0.15, 0.2) is 0 Å². The Bertz CT molecular complexity index is 728. The van der Waals surface area contributed by atoms with Crippen LogP contribution >= 0.6 is 0 Å². The van der Waals surface area contributed by atoms with Gasteiger partial charge < -0.3 is 10.2 Å². The molecule has 0 fully saturated rings. The van der Waals surface area contributed by atoms with Crippen LogP contribution in [0.15, 0.2) is 36.4 Å². The number of unbranched alkanes of at least 4 members (excludes halogenated alkanes) is 2. The van der Waals surface area contributed by atoms with Gasteiger partial charge in [-0.3, -0.25) is 0 Å². The second kappa shape index (κ2) is 8.59. The van der Waals surface area contributed by atoms with Gasteiger partial charge in [0.05, 0.1) is 0 Å². The minimum absolute atomic E-state index is 0.112. The Hall–Kier alpha value is -1.96. The topological polar surface area (TPSA) is 40.5 Å². The second-order valence-electron chi connectivity index (χ2n) is 10.1. The van der Waals surface area contributed by atoms with Crippen molar-refractivity contribution in [1.82, 2.24) is 0 Å². The van der Waals surface area contributed by atoms with E-state index in [0.29, 0.717) is 11.5 Å². The Balaban J connectivity index is 2.55. The molecule has 2 heteroatoms. The monoisotopic (exact) mass is 382 g/mol. The molecule has 2 N–H and O–H groups in total. The summed E-state index contributed by atoms with van der Waals surface area (Å²) in [5.41, 5.74) is 4.23. The van der Waals surface area contributed by atoms with Gasteiger partial charge in [0.25, 0.3) is 0 Å². The normalized spacial score (nSPS) is 12.6. The maximum atomic E-state index is 10.4. The highest BCUT2D eigenvalue weighted by atomic mass is 16.3. The minimum atomic E-state index is -0.112. The zero-order valence-electron chi connectivity index (χ0n) is 18.8. The molecule has 0 saturated heterocycles. The zero-order chi connectivity index (χ0) is 21.1. The molecular weight excluding hydrogens is 344 g/mol. The van der Waals surface area contributed by atoms with E-state index in [9.17, 15) is 10.2 Å². The molecule has 28 heavy (non-hydrogen) atoms. The lowest BCUT2D eigenvalue weighted by Crippen LogP contribution is -2.14. The molecule has 0 spiro atoms. The van der Waals surface area contributed by atoms with E-state index in [1.807, 2.05) is 12.1 Å². The van der Waals surface area contributed by atoms with Gasteiger partial charge in [-0.05, 0) is 51.6 Å². The first-order valence-corrected chi connectivity index (χ1v) is 10.6. The third kappa shape index (κ3) is 5.31. The highest BCUT2D eigenvalue weighted by molar-refractivity contribution is 5.47. The Morgan fingerprint density at radius 3 is 1.50 bits per heavy atom. The zero-order valence-corrected chi connectivity index (χ0v) is 18.8. The van der Waals surface area contributed by atoms with Crippen molar-refractivity contribution < 1.29 is 10.2 Å². The first-order valence-electron chi connectivity index (χ1n) is 10.6. The van der Waals surface area contributed by atoms with Crippen molar-refractivity contribution in [2.24, 2.45) is 0 Å². The van der Waals surface area contributed by atoms with Crippen molar-refractivity contribution in [1.29, 1.82) is 0 Å². The van der Waals surface area contributed by atoms with Gasteiger partial charge in [-0.15, -0.1) is 0 Å². The molecule has 2 aromatic carbocycles. The molecule has 0 amide bonds. The van der Waals surface area contributed by atoms with Crippen molar-refractivity contribution in [2.75, 3.05) is 0 Å². The fourth-order valence-electron chi connectivity index (χ4n) is 3.87. The quantitative estimate of drug-likeness (QED) is 0.511. The van der Waals surface area contributed by atoms with Crippen LogP contribution in [0, 0.1) is 0 Å². The maximum absolute atomic E-state index is 10.4. The van der Waals surface area contributed by atoms with Crippen molar-refractivity contribution in [2.45, 2.75) is 90.9 Å². The molecule has 0 heterocycles. The predicted octanol–water partition coefficient (Wildman–Crippen LogP) is 7.41. The van der Waals surface area contributed by atoms with Crippen LogP contribution in [-0.4, -0.2) is 10.2 Å². The Labute approximate surface area is 171 Å². The first kappa shape index (κ1) is 22.3. The van der Waals surface area contributed by atoms with Crippen LogP contribution in [0.1, 0.15) is 102 Å². The molecule has 0 aliphatic carbocycles. The Kier molecular flexibility index (Phi) is 6.85. The van der Waals surface area contributed by atoms with Crippen LogP contribution < -0.4 is 0 Å². The third-order valence-electron chi connectivity index (χ3n) is 5.56. The lowest BCUT2D eigenvalue weighted by atomic mass is 9.79. The summed E-state index contributed by atoms with van der Waals surface area (Å²) in [5, 5.41) is 20.8. The predicted molar refractivity (Wildman–Crippen MR) is 120 cm³/mol. The van der Waals surface area contributed by atoms with E-state index in [4.69, 9.17) is 0 Å². The van der Waals surface area contributed by atoms with Gasteiger partial charge in [0, 0.05) is 5.92 Å². The Morgan fingerprint density at radius 1 is 0.714 bits per heavy atom. The molecule has 154 valence electrons. The molecule has 0 radical (unpaired) electrons. The van der Waals surface area contributed by atoms with E-state index < -0.39 is 0 Å². The van der Waals surface area contributed by atoms with Gasteiger partial charge in [0.1, 0.15) is 11.5 Å². The summed E-state index contributed by atoms with van der Waals surface area (Å²) < 4.78 is 0. The highest BCUT2D eigenvalue weighted by Gasteiger charge is 2.24. The second-order valence-corrected chi connectivity index (χ2v) is 10.1. The minimum Gasteiger partial charge on any atom is -0.508 e. The smallest absolute Gasteiger partial charge is 0.119 e. The van der Waals surface area contributed by atoms with Gasteiger partial charge >= 0.3 is 0 Å². The molecular formula is C26H38O2. The standard InChI is InChI=1S/C26H38O2/c1-8-9-10-11-20(18-12-14-23(27)21(16-18)25(2,3)4)19-13-15-24(28)22(17-19)26(5,6)7/h12-17,20,27-28H,8-11H2,1-7H3. The number of benzene rings is 2. The van der Waals surface area contributed by atoms with Crippen LogP contribution in [0.25, 0.3) is 0 Å². The van der Waals surface area contributed by atoms with Crippen LogP contribution in [0.2, 0.25) is 0 Å². The summed E-state index contributed by atoms with van der Waals surface area (Å²) in [6.07, 6.45) is 4.64. The Morgan fingerprint density at radius 2 is 1.14 bits per heavy atom. The lowest BCUT2D eigenvalue weighted by molar-refractivity contribution is 0.445. The molecule has 0 aromatic heterocycles. The third-order valence-corrected chi connectivity index (χ3v) is 5.56. The summed E-state index contributed by atoms with van der Waals surface area (Å²) in [6.45, 7) is 15.0. The van der Waals surface area contributed by atoms with Gasteiger partial charge in [0.2, 0.25) is 0 Å². The molecule has 0 aliphatic rings. The highest BCUT2D eigenvalue weighted by Crippen LogP contribution is 2.39. The molecule has 2 nitrogen and oxygen atoms in total. The molecule has 2 aromatic rings. The number of hydrogen-bond acceptors (Lipinski definition) is 2. The van der Waals surface area contributed by atoms with Crippen molar-refractivity contribution in [3.8, 4) is 11.5 Å². The van der Waals surface area contributed by atoms with Crippen molar-refractivity contribution in [3.05, 3.63) is 58.7 Å². The maximum Gasteiger partial charge on any atom is 0.119 e. The number of phenols is 2. The van der Waals surface area contributed by atoms with Gasteiger partial charge in [-0.2, -0.15) is 0 Å². The summed E-state index contributed by atoms with van der Waals surface area (Å²) in [5.74, 6) is 0.990. The number of aromatic hydroxyl groups is 2. The van der Waals surface area contributed by atoms with E-state index in [1.54, 1.807) is 0 Å². The van der Waals surface area contributed by atoms with E-state index in [0.717, 1.165) is 17.5 Å². The van der Waals surface area contributed by atoms with Gasteiger partial charge in [-0.1, -0.05) is 92.0 Å². The van der Waals surface area contributed by atoms with E-state index in [2.05, 4.69) is 72.7 Å². The summed E-state index contributed by atoms with van der Waals surface area (Å²) in [6, 6.07) is 12.2. The van der Waals surface area contributed by atoms with Crippen molar-refractivity contribution >= 4 is 0 Å². The van der Waals surface area contributed by atoms with Crippen LogP contribution in [0.5, 0.6) is 11.5 Å². The number of hydrogen-bond donors (Lipinski definition) is 2.